The van der Waals surface area contributed by atoms with E-state index >= 15 is 0 Å². The number of benzene rings is 1. The Bertz CT molecular complexity index is 811. The molecule has 3 aromatic rings. The molecule has 1 aromatic carbocycles. The molecule has 0 saturated carbocycles. The zero-order valence-electron chi connectivity index (χ0n) is 12.4. The van der Waals surface area contributed by atoms with Crippen LogP contribution in [0.3, 0.4) is 0 Å². The molecule has 0 atom stereocenters. The smallest absolute Gasteiger partial charge is 0.341 e. The molecule has 118 valence electrons. The summed E-state index contributed by atoms with van der Waals surface area (Å²) < 4.78 is 6.62. The van der Waals surface area contributed by atoms with Gasteiger partial charge in [0.15, 0.2) is 0 Å². The van der Waals surface area contributed by atoms with Crippen LogP contribution in [0.5, 0.6) is 0 Å². The monoisotopic (exact) mass is 347 g/mol. The van der Waals surface area contributed by atoms with Gasteiger partial charge in [-0.25, -0.2) is 9.78 Å². The molecule has 0 fully saturated rings. The number of ether oxygens (including phenoxy) is 1. The molecule has 2 heterocycles. The summed E-state index contributed by atoms with van der Waals surface area (Å²) in [7, 11) is 0. The van der Waals surface area contributed by atoms with Crippen molar-refractivity contribution in [2.24, 2.45) is 0 Å². The van der Waals surface area contributed by atoms with Crippen molar-refractivity contribution in [2.45, 2.75) is 13.5 Å². The van der Waals surface area contributed by atoms with Crippen molar-refractivity contribution in [1.29, 1.82) is 0 Å². The van der Waals surface area contributed by atoms with Crippen LogP contribution in [0.1, 0.15) is 22.3 Å². The highest BCUT2D eigenvalue weighted by atomic mass is 35.5. The molecule has 0 unspecified atom stereocenters. The SMILES string of the molecule is CCOC(=O)c1cnn(Cc2nc(-c3ccc(Cl)cc3)cs2)c1. The van der Waals surface area contributed by atoms with Gasteiger partial charge in [-0.1, -0.05) is 23.7 Å². The minimum absolute atomic E-state index is 0.348. The van der Waals surface area contributed by atoms with Gasteiger partial charge < -0.3 is 4.74 Å². The molecule has 0 aliphatic carbocycles. The van der Waals surface area contributed by atoms with Gasteiger partial charge in [-0.3, -0.25) is 4.68 Å². The summed E-state index contributed by atoms with van der Waals surface area (Å²) in [4.78, 5) is 16.2. The quantitative estimate of drug-likeness (QED) is 0.657. The number of carbonyl (C=O) groups excluding carboxylic acids is 1. The predicted octanol–water partition coefficient (Wildman–Crippen LogP) is 3.89. The van der Waals surface area contributed by atoms with Crippen molar-refractivity contribution in [3.05, 3.63) is 57.6 Å². The van der Waals surface area contributed by atoms with E-state index in [-0.39, 0.29) is 5.97 Å². The zero-order valence-corrected chi connectivity index (χ0v) is 14.0. The topological polar surface area (TPSA) is 57.0 Å². The van der Waals surface area contributed by atoms with E-state index in [2.05, 4.69) is 10.1 Å². The Kier molecular flexibility index (Phi) is 4.73. The summed E-state index contributed by atoms with van der Waals surface area (Å²) in [6.07, 6.45) is 3.17. The third kappa shape index (κ3) is 3.78. The lowest BCUT2D eigenvalue weighted by molar-refractivity contribution is 0.0526. The number of rotatable bonds is 5. The van der Waals surface area contributed by atoms with Crippen molar-refractivity contribution in [3.8, 4) is 11.3 Å². The lowest BCUT2D eigenvalue weighted by Gasteiger charge is -1.98. The molecule has 0 radical (unpaired) electrons. The van der Waals surface area contributed by atoms with Gasteiger partial charge in [-0.05, 0) is 19.1 Å². The van der Waals surface area contributed by atoms with Crippen LogP contribution in [0.2, 0.25) is 5.02 Å². The van der Waals surface area contributed by atoms with Gasteiger partial charge in [0.2, 0.25) is 0 Å². The van der Waals surface area contributed by atoms with E-state index in [1.165, 1.54) is 6.20 Å². The Labute approximate surface area is 142 Å². The maximum Gasteiger partial charge on any atom is 0.341 e. The molecular weight excluding hydrogens is 334 g/mol. The Morgan fingerprint density at radius 2 is 2.13 bits per heavy atom. The van der Waals surface area contributed by atoms with Crippen LogP contribution in [0.4, 0.5) is 0 Å². The van der Waals surface area contributed by atoms with Gasteiger partial charge in [-0.15, -0.1) is 11.3 Å². The number of nitrogens with zero attached hydrogens (tertiary/aromatic N) is 3. The van der Waals surface area contributed by atoms with E-state index < -0.39 is 0 Å². The molecule has 0 N–H and O–H groups in total. The standard InChI is InChI=1S/C16H14ClN3O2S/c1-2-22-16(21)12-7-18-20(8-12)9-15-19-14(10-23-15)11-3-5-13(17)6-4-11/h3-8,10H,2,9H2,1H3. The fourth-order valence-corrected chi connectivity index (χ4v) is 2.97. The molecule has 3 rings (SSSR count). The highest BCUT2D eigenvalue weighted by Gasteiger charge is 2.11. The third-order valence-corrected chi connectivity index (χ3v) is 4.22. The number of hydrogen-bond acceptors (Lipinski definition) is 5. The number of esters is 1. The highest BCUT2D eigenvalue weighted by Crippen LogP contribution is 2.23. The first-order chi connectivity index (χ1) is 11.2. The van der Waals surface area contributed by atoms with Crippen LogP contribution in [0.15, 0.2) is 42.0 Å². The molecule has 0 aliphatic heterocycles. The number of thiazole rings is 1. The second-order valence-corrected chi connectivity index (χ2v) is 6.16. The van der Waals surface area contributed by atoms with Gasteiger partial charge in [0.25, 0.3) is 0 Å². The zero-order chi connectivity index (χ0) is 16.2. The van der Waals surface area contributed by atoms with Crippen LogP contribution in [0, 0.1) is 0 Å². The lowest BCUT2D eigenvalue weighted by Crippen LogP contribution is -2.04. The van der Waals surface area contributed by atoms with Gasteiger partial charge >= 0.3 is 5.97 Å². The molecule has 0 bridgehead atoms. The normalized spacial score (nSPS) is 10.7. The van der Waals surface area contributed by atoms with E-state index in [1.54, 1.807) is 29.1 Å². The van der Waals surface area contributed by atoms with Gasteiger partial charge in [-0.2, -0.15) is 5.10 Å². The summed E-state index contributed by atoms with van der Waals surface area (Å²) in [6, 6.07) is 7.56. The summed E-state index contributed by atoms with van der Waals surface area (Å²) in [5, 5.41) is 7.78. The molecule has 2 aromatic heterocycles. The largest absolute Gasteiger partial charge is 0.462 e. The predicted molar refractivity (Wildman–Crippen MR) is 89.8 cm³/mol. The molecule has 23 heavy (non-hydrogen) atoms. The Hall–Kier alpha value is -2.18. The highest BCUT2D eigenvalue weighted by molar-refractivity contribution is 7.09. The first kappa shape index (κ1) is 15.7. The van der Waals surface area contributed by atoms with Crippen LogP contribution in [0.25, 0.3) is 11.3 Å². The molecule has 0 amide bonds. The minimum Gasteiger partial charge on any atom is -0.462 e. The summed E-state index contributed by atoms with van der Waals surface area (Å²) in [6.45, 7) is 2.63. The molecule has 7 heteroatoms. The molecule has 0 spiro atoms. The summed E-state index contributed by atoms with van der Waals surface area (Å²) in [5.74, 6) is -0.361. The van der Waals surface area contributed by atoms with E-state index in [0.29, 0.717) is 23.7 Å². The molecule has 0 aliphatic rings. The molecule has 0 saturated heterocycles. The fourth-order valence-electron chi connectivity index (χ4n) is 2.05. The molecular formula is C16H14ClN3O2S. The Balaban J connectivity index is 1.72. The number of halogens is 1. The van der Waals surface area contributed by atoms with Crippen molar-refractivity contribution in [1.82, 2.24) is 14.8 Å². The lowest BCUT2D eigenvalue weighted by atomic mass is 10.2. The average Bonchev–Trinajstić information content (AvgIpc) is 3.18. The maximum atomic E-state index is 11.6. The van der Waals surface area contributed by atoms with Crippen molar-refractivity contribution < 1.29 is 9.53 Å². The van der Waals surface area contributed by atoms with Crippen molar-refractivity contribution >= 4 is 28.9 Å². The van der Waals surface area contributed by atoms with Crippen LogP contribution < -0.4 is 0 Å². The van der Waals surface area contributed by atoms with Crippen LogP contribution in [-0.4, -0.2) is 27.3 Å². The van der Waals surface area contributed by atoms with E-state index in [1.807, 2.05) is 29.6 Å². The van der Waals surface area contributed by atoms with E-state index in [0.717, 1.165) is 16.3 Å². The number of hydrogen-bond donors (Lipinski definition) is 0. The van der Waals surface area contributed by atoms with E-state index in [9.17, 15) is 4.79 Å². The average molecular weight is 348 g/mol. The Morgan fingerprint density at radius 1 is 1.35 bits per heavy atom. The van der Waals surface area contributed by atoms with Crippen LogP contribution >= 0.6 is 22.9 Å². The fraction of sp³-hybridized carbons (Fsp3) is 0.188. The summed E-state index contributed by atoms with van der Waals surface area (Å²) >= 11 is 7.45. The van der Waals surface area contributed by atoms with Gasteiger partial charge in [0, 0.05) is 22.2 Å². The second-order valence-electron chi connectivity index (χ2n) is 4.78. The maximum absolute atomic E-state index is 11.6. The number of carbonyl (C=O) groups is 1. The third-order valence-electron chi connectivity index (χ3n) is 3.13. The van der Waals surface area contributed by atoms with Gasteiger partial charge in [0.05, 0.1) is 30.6 Å². The first-order valence-corrected chi connectivity index (χ1v) is 8.31. The van der Waals surface area contributed by atoms with Crippen LogP contribution in [-0.2, 0) is 11.3 Å². The first-order valence-electron chi connectivity index (χ1n) is 7.05. The van der Waals surface area contributed by atoms with Crippen molar-refractivity contribution in [3.63, 3.8) is 0 Å². The minimum atomic E-state index is -0.361. The number of aromatic nitrogens is 3. The Morgan fingerprint density at radius 3 is 2.87 bits per heavy atom. The summed E-state index contributed by atoms with van der Waals surface area (Å²) in [5.41, 5.74) is 2.37. The van der Waals surface area contributed by atoms with Crippen molar-refractivity contribution in [2.75, 3.05) is 6.61 Å². The molecule has 5 nitrogen and oxygen atoms in total. The second kappa shape index (κ2) is 6.93. The van der Waals surface area contributed by atoms with Gasteiger partial charge in [0.1, 0.15) is 5.01 Å². The van der Waals surface area contributed by atoms with E-state index in [4.69, 9.17) is 16.3 Å².